The molecule has 10 heteroatoms. The molecule has 0 atom stereocenters. The standard InChI is InChI=1S/C15H13F6N3O/c1-2-24(10-6-4-3-5-7-10)13-22-8-11(15(19,20)21)12(23-13)25-9-14(16,17)18/h3-8H,2,9H2,1H3. The summed E-state index contributed by atoms with van der Waals surface area (Å²) in [5.74, 6) is -1.36. The number of benzene rings is 1. The molecule has 1 heterocycles. The van der Waals surface area contributed by atoms with Crippen LogP contribution in [0.5, 0.6) is 5.88 Å². The Morgan fingerprint density at radius 2 is 1.68 bits per heavy atom. The number of anilines is 2. The number of para-hydroxylation sites is 1. The van der Waals surface area contributed by atoms with Crippen LogP contribution < -0.4 is 9.64 Å². The van der Waals surface area contributed by atoms with E-state index >= 15 is 0 Å². The van der Waals surface area contributed by atoms with Crippen LogP contribution in [0.3, 0.4) is 0 Å². The summed E-state index contributed by atoms with van der Waals surface area (Å²) in [4.78, 5) is 8.64. The molecule has 0 aliphatic carbocycles. The van der Waals surface area contributed by atoms with Crippen molar-refractivity contribution in [3.8, 4) is 5.88 Å². The van der Waals surface area contributed by atoms with Crippen LogP contribution in [0.15, 0.2) is 36.5 Å². The van der Waals surface area contributed by atoms with Crippen LogP contribution in [0.1, 0.15) is 12.5 Å². The lowest BCUT2D eigenvalue weighted by Crippen LogP contribution is -2.24. The minimum absolute atomic E-state index is 0.195. The summed E-state index contributed by atoms with van der Waals surface area (Å²) >= 11 is 0. The van der Waals surface area contributed by atoms with Gasteiger partial charge in [0.2, 0.25) is 11.8 Å². The molecular formula is C15H13F6N3O. The van der Waals surface area contributed by atoms with Gasteiger partial charge in [-0.2, -0.15) is 31.3 Å². The van der Waals surface area contributed by atoms with Crippen LogP contribution in [0, 0.1) is 0 Å². The Morgan fingerprint density at radius 1 is 1.04 bits per heavy atom. The topological polar surface area (TPSA) is 38.2 Å². The largest absolute Gasteiger partial charge is 0.467 e. The summed E-state index contributed by atoms with van der Waals surface area (Å²) in [6, 6.07) is 8.47. The van der Waals surface area contributed by atoms with Gasteiger partial charge in [-0.3, -0.25) is 0 Å². The van der Waals surface area contributed by atoms with Gasteiger partial charge in [-0.25, -0.2) is 4.98 Å². The van der Waals surface area contributed by atoms with E-state index in [-0.39, 0.29) is 12.5 Å². The van der Waals surface area contributed by atoms with E-state index in [1.807, 2.05) is 0 Å². The van der Waals surface area contributed by atoms with Crippen molar-refractivity contribution < 1.29 is 31.1 Å². The number of rotatable bonds is 5. The molecule has 0 amide bonds. The minimum Gasteiger partial charge on any atom is -0.467 e. The van der Waals surface area contributed by atoms with Gasteiger partial charge in [-0.05, 0) is 19.1 Å². The van der Waals surface area contributed by atoms with Crippen molar-refractivity contribution in [1.29, 1.82) is 0 Å². The van der Waals surface area contributed by atoms with Crippen molar-refractivity contribution in [2.75, 3.05) is 18.1 Å². The number of nitrogens with zero attached hydrogens (tertiary/aromatic N) is 3. The van der Waals surface area contributed by atoms with Crippen molar-refractivity contribution >= 4 is 11.6 Å². The average molecular weight is 365 g/mol. The average Bonchev–Trinajstić information content (AvgIpc) is 2.53. The zero-order chi connectivity index (χ0) is 18.7. The summed E-state index contributed by atoms with van der Waals surface area (Å²) in [6.45, 7) is 0.0996. The maximum Gasteiger partial charge on any atom is 0.423 e. The fourth-order valence-electron chi connectivity index (χ4n) is 1.99. The maximum atomic E-state index is 13.0. The highest BCUT2D eigenvalue weighted by Gasteiger charge is 2.38. The molecule has 0 aliphatic rings. The first kappa shape index (κ1) is 18.8. The van der Waals surface area contributed by atoms with Crippen LogP contribution in [0.2, 0.25) is 0 Å². The number of ether oxygens (including phenoxy) is 1. The quantitative estimate of drug-likeness (QED) is 0.727. The third kappa shape index (κ3) is 4.97. The smallest absolute Gasteiger partial charge is 0.423 e. The third-order valence-electron chi connectivity index (χ3n) is 3.04. The van der Waals surface area contributed by atoms with Crippen molar-refractivity contribution in [2.45, 2.75) is 19.3 Å². The molecule has 4 nitrogen and oxygen atoms in total. The molecule has 1 aromatic carbocycles. The third-order valence-corrected chi connectivity index (χ3v) is 3.04. The van der Waals surface area contributed by atoms with E-state index in [0.717, 1.165) is 0 Å². The summed E-state index contributed by atoms with van der Waals surface area (Å²) in [6.07, 6.45) is -9.32. The molecule has 0 saturated carbocycles. The fraction of sp³-hybridized carbons (Fsp3) is 0.333. The van der Waals surface area contributed by atoms with Gasteiger partial charge in [0.05, 0.1) is 0 Å². The van der Waals surface area contributed by atoms with Crippen molar-refractivity contribution in [2.24, 2.45) is 0 Å². The molecular weight excluding hydrogens is 352 g/mol. The van der Waals surface area contributed by atoms with Crippen molar-refractivity contribution in [3.05, 3.63) is 42.1 Å². The van der Waals surface area contributed by atoms with E-state index in [9.17, 15) is 26.3 Å². The first-order valence-electron chi connectivity index (χ1n) is 7.08. The Balaban J connectivity index is 2.43. The molecule has 0 unspecified atom stereocenters. The molecule has 25 heavy (non-hydrogen) atoms. The minimum atomic E-state index is -4.94. The molecule has 0 bridgehead atoms. The summed E-state index contributed by atoms with van der Waals surface area (Å²) < 4.78 is 80.0. The lowest BCUT2D eigenvalue weighted by molar-refractivity contribution is -0.159. The first-order valence-corrected chi connectivity index (χ1v) is 7.08. The molecule has 0 radical (unpaired) electrons. The SMILES string of the molecule is CCN(c1ccccc1)c1ncc(C(F)(F)F)c(OCC(F)(F)F)n1. The second-order valence-electron chi connectivity index (χ2n) is 4.87. The highest BCUT2D eigenvalue weighted by atomic mass is 19.4. The number of alkyl halides is 6. The second kappa shape index (κ2) is 7.16. The Morgan fingerprint density at radius 3 is 2.20 bits per heavy atom. The van der Waals surface area contributed by atoms with E-state index in [1.54, 1.807) is 37.3 Å². The molecule has 1 aromatic heterocycles. The Kier molecular flexibility index (Phi) is 5.39. The van der Waals surface area contributed by atoms with Crippen LogP contribution in [0.4, 0.5) is 38.0 Å². The van der Waals surface area contributed by atoms with Gasteiger partial charge in [0.15, 0.2) is 6.61 Å². The molecule has 2 rings (SSSR count). The van der Waals surface area contributed by atoms with Crippen LogP contribution in [-0.2, 0) is 6.18 Å². The van der Waals surface area contributed by atoms with E-state index < -0.39 is 30.4 Å². The predicted octanol–water partition coefficient (Wildman–Crippen LogP) is 4.59. The Labute approximate surface area is 139 Å². The molecule has 0 aliphatic heterocycles. The van der Waals surface area contributed by atoms with Gasteiger partial charge in [0.1, 0.15) is 5.56 Å². The molecule has 0 spiro atoms. The normalized spacial score (nSPS) is 12.1. The van der Waals surface area contributed by atoms with Gasteiger partial charge in [0, 0.05) is 18.4 Å². The zero-order valence-corrected chi connectivity index (χ0v) is 12.9. The van der Waals surface area contributed by atoms with Crippen molar-refractivity contribution in [1.82, 2.24) is 9.97 Å². The molecule has 0 fully saturated rings. The molecule has 0 saturated heterocycles. The highest BCUT2D eigenvalue weighted by molar-refractivity contribution is 5.57. The van der Waals surface area contributed by atoms with Gasteiger partial charge in [-0.15, -0.1) is 0 Å². The van der Waals surface area contributed by atoms with Crippen molar-refractivity contribution in [3.63, 3.8) is 0 Å². The first-order chi connectivity index (χ1) is 11.6. The van der Waals surface area contributed by atoms with Gasteiger partial charge >= 0.3 is 12.4 Å². The van der Waals surface area contributed by atoms with E-state index in [4.69, 9.17) is 0 Å². The number of hydrogen-bond donors (Lipinski definition) is 0. The van der Waals surface area contributed by atoms with Gasteiger partial charge < -0.3 is 9.64 Å². The molecule has 0 N–H and O–H groups in total. The van der Waals surface area contributed by atoms with Crippen LogP contribution in [-0.4, -0.2) is 29.3 Å². The van der Waals surface area contributed by atoms with Gasteiger partial charge in [0.25, 0.3) is 0 Å². The summed E-state index contributed by atoms with van der Waals surface area (Å²) in [5.41, 5.74) is -0.892. The highest BCUT2D eigenvalue weighted by Crippen LogP contribution is 2.36. The Hall–Kier alpha value is -2.52. The van der Waals surface area contributed by atoms with E-state index in [1.165, 1.54) is 4.90 Å². The number of hydrogen-bond acceptors (Lipinski definition) is 4. The number of halogens is 6. The predicted molar refractivity (Wildman–Crippen MR) is 77.7 cm³/mol. The Bertz CT molecular complexity index is 703. The zero-order valence-electron chi connectivity index (χ0n) is 12.9. The maximum absolute atomic E-state index is 13.0. The lowest BCUT2D eigenvalue weighted by Gasteiger charge is -2.22. The van der Waals surface area contributed by atoms with Gasteiger partial charge in [-0.1, -0.05) is 18.2 Å². The van der Waals surface area contributed by atoms with Crippen LogP contribution >= 0.6 is 0 Å². The van der Waals surface area contributed by atoms with E-state index in [2.05, 4.69) is 14.7 Å². The molecule has 2 aromatic rings. The second-order valence-corrected chi connectivity index (χ2v) is 4.87. The fourth-order valence-corrected chi connectivity index (χ4v) is 1.99. The van der Waals surface area contributed by atoms with E-state index in [0.29, 0.717) is 11.9 Å². The number of aromatic nitrogens is 2. The monoisotopic (exact) mass is 365 g/mol. The summed E-state index contributed by atoms with van der Waals surface area (Å²) in [5, 5.41) is 0. The molecule has 136 valence electrons. The summed E-state index contributed by atoms with van der Waals surface area (Å²) in [7, 11) is 0. The lowest BCUT2D eigenvalue weighted by atomic mass is 10.3. The van der Waals surface area contributed by atoms with Crippen LogP contribution in [0.25, 0.3) is 0 Å².